The number of sulfonamides is 1. The fourth-order valence-electron chi connectivity index (χ4n) is 2.90. The van der Waals surface area contributed by atoms with Crippen LogP contribution in [-0.2, 0) is 24.3 Å². The Bertz CT molecular complexity index is 1130. The van der Waals surface area contributed by atoms with Crippen molar-refractivity contribution >= 4 is 22.0 Å². The van der Waals surface area contributed by atoms with Crippen LogP contribution >= 0.6 is 0 Å². The van der Waals surface area contributed by atoms with Gasteiger partial charge < -0.3 is 19.1 Å². The molecule has 0 radical (unpaired) electrons. The van der Waals surface area contributed by atoms with Gasteiger partial charge in [0.2, 0.25) is 10.0 Å². The first-order valence-electron chi connectivity index (χ1n) is 10.7. The maximum atomic E-state index is 14.7. The van der Waals surface area contributed by atoms with E-state index < -0.39 is 45.1 Å². The summed E-state index contributed by atoms with van der Waals surface area (Å²) in [5.41, 5.74) is 1.34. The molecule has 0 aliphatic heterocycles. The summed E-state index contributed by atoms with van der Waals surface area (Å²) >= 11 is 0. The van der Waals surface area contributed by atoms with Crippen LogP contribution in [0.4, 0.5) is 13.6 Å². The van der Waals surface area contributed by atoms with Gasteiger partial charge in [-0.1, -0.05) is 0 Å². The second-order valence-electron chi connectivity index (χ2n) is 7.21. The van der Waals surface area contributed by atoms with Gasteiger partial charge in [0.05, 0.1) is 18.0 Å². The number of nitrogens with one attached hydrogen (secondary N) is 1. The number of halogens is 2. The lowest BCUT2D eigenvalue weighted by atomic mass is 10.3. The minimum absolute atomic E-state index is 0.00756. The van der Waals surface area contributed by atoms with Crippen LogP contribution in [0.3, 0.4) is 0 Å². The van der Waals surface area contributed by atoms with E-state index in [4.69, 9.17) is 19.4 Å². The highest BCUT2D eigenvalue weighted by Gasteiger charge is 2.29. The van der Waals surface area contributed by atoms with Crippen molar-refractivity contribution in [3.05, 3.63) is 54.1 Å². The minimum atomic E-state index is -4.46. The quantitative estimate of drug-likeness (QED) is 0.229. The summed E-state index contributed by atoms with van der Waals surface area (Å²) in [6, 6.07) is 7.61. The van der Waals surface area contributed by atoms with E-state index in [2.05, 4.69) is 0 Å². The molecule has 0 saturated heterocycles. The number of carbonyl (C=O) groups excluding carboxylic acids is 2. The first-order chi connectivity index (χ1) is 17.1. The first kappa shape index (κ1) is 28.9. The summed E-state index contributed by atoms with van der Waals surface area (Å²) < 4.78 is 69.9. The third-order valence-corrected chi connectivity index (χ3v) is 6.64. The standard InChI is InChI=1S/C22H27F2N3O8S/c1-3-26(22(29)34-13-12-33-2)10-11-27(15-21(28)25-30)36(31,32)18-8-9-20(19(24)14-18)35-17-6-4-16(23)5-7-17/h4-9,14,30H,3,10-13,15H2,1-2H3,(H,25,28). The van der Waals surface area contributed by atoms with Gasteiger partial charge in [-0.05, 0) is 49.4 Å². The number of rotatable bonds is 13. The number of likely N-dealkylation sites (N-methyl/N-ethyl adjacent to an activating group) is 1. The second-order valence-corrected chi connectivity index (χ2v) is 9.15. The van der Waals surface area contributed by atoms with E-state index in [0.717, 1.165) is 24.3 Å². The summed E-state index contributed by atoms with van der Waals surface area (Å²) in [6.45, 7) is 0.665. The average Bonchev–Trinajstić information content (AvgIpc) is 2.86. The van der Waals surface area contributed by atoms with E-state index in [9.17, 15) is 26.8 Å². The van der Waals surface area contributed by atoms with Gasteiger partial charge >= 0.3 is 6.09 Å². The van der Waals surface area contributed by atoms with Gasteiger partial charge in [0.1, 0.15) is 18.2 Å². The molecule has 0 fully saturated rings. The number of hydrogen-bond acceptors (Lipinski definition) is 8. The molecule has 0 spiro atoms. The van der Waals surface area contributed by atoms with Crippen molar-refractivity contribution in [3.63, 3.8) is 0 Å². The molecule has 0 heterocycles. The number of hydrogen-bond donors (Lipinski definition) is 2. The fourth-order valence-corrected chi connectivity index (χ4v) is 4.30. The molecule has 198 valence electrons. The fraction of sp³-hybridized carbons (Fsp3) is 0.364. The van der Waals surface area contributed by atoms with Gasteiger partial charge in [-0.25, -0.2) is 27.5 Å². The van der Waals surface area contributed by atoms with E-state index in [0.29, 0.717) is 10.4 Å². The van der Waals surface area contributed by atoms with Crippen molar-refractivity contribution in [2.75, 3.05) is 46.5 Å². The molecule has 2 aromatic carbocycles. The van der Waals surface area contributed by atoms with Crippen LogP contribution in [0.5, 0.6) is 11.5 Å². The summed E-state index contributed by atoms with van der Waals surface area (Å²) in [5.74, 6) is -2.76. The predicted molar refractivity (Wildman–Crippen MR) is 122 cm³/mol. The number of benzene rings is 2. The van der Waals surface area contributed by atoms with Crippen LogP contribution in [0, 0.1) is 11.6 Å². The van der Waals surface area contributed by atoms with Gasteiger partial charge in [0.15, 0.2) is 11.6 Å². The van der Waals surface area contributed by atoms with E-state index in [1.807, 2.05) is 0 Å². The summed E-state index contributed by atoms with van der Waals surface area (Å²) in [7, 11) is -3.02. The highest BCUT2D eigenvalue weighted by atomic mass is 32.2. The van der Waals surface area contributed by atoms with Crippen LogP contribution in [0.25, 0.3) is 0 Å². The summed E-state index contributed by atoms with van der Waals surface area (Å²) in [5, 5.41) is 8.87. The largest absolute Gasteiger partial charge is 0.454 e. The van der Waals surface area contributed by atoms with Crippen molar-refractivity contribution in [3.8, 4) is 11.5 Å². The lowest BCUT2D eigenvalue weighted by Crippen LogP contribution is -2.45. The zero-order chi connectivity index (χ0) is 26.7. The highest BCUT2D eigenvalue weighted by molar-refractivity contribution is 7.89. The lowest BCUT2D eigenvalue weighted by Gasteiger charge is -2.26. The summed E-state index contributed by atoms with van der Waals surface area (Å²) in [4.78, 5) is 24.7. The molecule has 2 aromatic rings. The third-order valence-electron chi connectivity index (χ3n) is 4.80. The van der Waals surface area contributed by atoms with Crippen LogP contribution in [0.2, 0.25) is 0 Å². The van der Waals surface area contributed by atoms with Crippen LogP contribution in [-0.4, -0.2) is 81.3 Å². The van der Waals surface area contributed by atoms with Gasteiger partial charge in [0.25, 0.3) is 5.91 Å². The molecule has 11 nitrogen and oxygen atoms in total. The Kier molecular flexibility index (Phi) is 11.0. The molecule has 0 aliphatic carbocycles. The number of methoxy groups -OCH3 is 1. The zero-order valence-electron chi connectivity index (χ0n) is 19.6. The Morgan fingerprint density at radius 3 is 2.33 bits per heavy atom. The molecule has 0 unspecified atom stereocenters. The monoisotopic (exact) mass is 531 g/mol. The smallest absolute Gasteiger partial charge is 0.409 e. The molecule has 14 heteroatoms. The van der Waals surface area contributed by atoms with Crippen LogP contribution < -0.4 is 10.2 Å². The maximum Gasteiger partial charge on any atom is 0.409 e. The van der Waals surface area contributed by atoms with Crippen molar-refractivity contribution in [1.29, 1.82) is 0 Å². The SMILES string of the molecule is CCN(CCN(CC(=O)NO)S(=O)(=O)c1ccc(Oc2ccc(F)cc2)c(F)c1)C(=O)OCCOC. The average molecular weight is 532 g/mol. The molecule has 2 amide bonds. The lowest BCUT2D eigenvalue weighted by molar-refractivity contribution is -0.129. The Balaban J connectivity index is 2.22. The molecule has 0 atom stereocenters. The van der Waals surface area contributed by atoms with Crippen molar-refractivity contribution in [2.24, 2.45) is 0 Å². The number of ether oxygens (including phenoxy) is 3. The molecule has 2 rings (SSSR count). The normalized spacial score (nSPS) is 11.3. The number of amides is 2. The molecule has 0 aromatic heterocycles. The van der Waals surface area contributed by atoms with Gasteiger partial charge in [-0.3, -0.25) is 10.0 Å². The Labute approximate surface area is 207 Å². The molecule has 2 N–H and O–H groups in total. The highest BCUT2D eigenvalue weighted by Crippen LogP contribution is 2.28. The van der Waals surface area contributed by atoms with Crippen LogP contribution in [0.1, 0.15) is 6.92 Å². The number of carbonyl (C=O) groups is 2. The first-order valence-corrected chi connectivity index (χ1v) is 12.1. The van der Waals surface area contributed by atoms with E-state index in [1.165, 1.54) is 29.6 Å². The van der Waals surface area contributed by atoms with E-state index >= 15 is 0 Å². The zero-order valence-corrected chi connectivity index (χ0v) is 20.5. The second kappa shape index (κ2) is 13.7. The summed E-state index contributed by atoms with van der Waals surface area (Å²) in [6.07, 6.45) is -0.716. The Morgan fingerprint density at radius 2 is 1.75 bits per heavy atom. The molecule has 0 saturated carbocycles. The third kappa shape index (κ3) is 8.12. The van der Waals surface area contributed by atoms with Crippen molar-refractivity contribution in [1.82, 2.24) is 14.7 Å². The molecule has 0 bridgehead atoms. The van der Waals surface area contributed by atoms with Crippen molar-refractivity contribution < 1.29 is 46.2 Å². The molecule has 0 aliphatic rings. The maximum absolute atomic E-state index is 14.7. The van der Waals surface area contributed by atoms with Gasteiger partial charge in [-0.15, -0.1) is 0 Å². The number of hydroxylamine groups is 1. The van der Waals surface area contributed by atoms with E-state index in [-0.39, 0.29) is 44.3 Å². The Hall–Kier alpha value is -3.33. The van der Waals surface area contributed by atoms with Gasteiger partial charge in [-0.2, -0.15) is 4.31 Å². The van der Waals surface area contributed by atoms with Gasteiger partial charge in [0, 0.05) is 26.7 Å². The molecular weight excluding hydrogens is 504 g/mol. The topological polar surface area (TPSA) is 135 Å². The molecule has 36 heavy (non-hydrogen) atoms. The van der Waals surface area contributed by atoms with Crippen molar-refractivity contribution in [2.45, 2.75) is 11.8 Å². The van der Waals surface area contributed by atoms with Crippen LogP contribution in [0.15, 0.2) is 47.4 Å². The minimum Gasteiger partial charge on any atom is -0.454 e. The predicted octanol–water partition coefficient (Wildman–Crippen LogP) is 2.36. The van der Waals surface area contributed by atoms with E-state index in [1.54, 1.807) is 6.92 Å². The Morgan fingerprint density at radius 1 is 1.06 bits per heavy atom. The molecular formula is C22H27F2N3O8S. The number of nitrogens with zero attached hydrogens (tertiary/aromatic N) is 2.